The number of benzene rings is 2. The molecule has 0 fully saturated rings. The smallest absolute Gasteiger partial charge is 0.251 e. The van der Waals surface area contributed by atoms with E-state index in [-0.39, 0.29) is 5.91 Å². The first-order valence-electron chi connectivity index (χ1n) is 6.28. The highest BCUT2D eigenvalue weighted by Crippen LogP contribution is 2.16. The van der Waals surface area contributed by atoms with Crippen LogP contribution < -0.4 is 5.32 Å². The van der Waals surface area contributed by atoms with Crippen LogP contribution in [0.3, 0.4) is 0 Å². The molecule has 2 aromatic carbocycles. The van der Waals surface area contributed by atoms with Gasteiger partial charge in [0.15, 0.2) is 0 Å². The van der Waals surface area contributed by atoms with E-state index < -0.39 is 0 Å². The van der Waals surface area contributed by atoms with E-state index in [2.05, 4.69) is 21.2 Å². The van der Waals surface area contributed by atoms with Gasteiger partial charge in [0.2, 0.25) is 0 Å². The van der Waals surface area contributed by atoms with Gasteiger partial charge in [-0.1, -0.05) is 51.8 Å². The summed E-state index contributed by atoms with van der Waals surface area (Å²) in [6.07, 6.45) is 0. The topological polar surface area (TPSA) is 29.1 Å². The van der Waals surface area contributed by atoms with Gasteiger partial charge in [-0.05, 0) is 41.8 Å². The van der Waals surface area contributed by atoms with E-state index >= 15 is 0 Å². The summed E-state index contributed by atoms with van der Waals surface area (Å²) in [5.74, 6) is -0.0886. The lowest BCUT2D eigenvalue weighted by molar-refractivity contribution is 0.0951. The number of alkyl halides is 1. The maximum atomic E-state index is 12.0. The van der Waals surface area contributed by atoms with E-state index in [0.29, 0.717) is 17.1 Å². The fourth-order valence-corrected chi connectivity index (χ4v) is 2.31. The Kier molecular flexibility index (Phi) is 5.21. The number of amides is 1. The summed E-state index contributed by atoms with van der Waals surface area (Å²) in [6, 6.07) is 13.4. The third-order valence-corrected chi connectivity index (χ3v) is 4.12. The maximum absolute atomic E-state index is 12.0. The molecule has 0 bridgehead atoms. The van der Waals surface area contributed by atoms with Gasteiger partial charge in [-0.3, -0.25) is 4.79 Å². The molecule has 0 aliphatic rings. The van der Waals surface area contributed by atoms with E-state index in [9.17, 15) is 4.79 Å². The normalized spacial score (nSPS) is 10.3. The number of hydrogen-bond donors (Lipinski definition) is 1. The molecule has 0 unspecified atom stereocenters. The summed E-state index contributed by atoms with van der Waals surface area (Å²) in [5, 5.41) is 4.42. The molecule has 20 heavy (non-hydrogen) atoms. The second-order valence-electron chi connectivity index (χ2n) is 4.60. The van der Waals surface area contributed by atoms with Gasteiger partial charge in [-0.2, -0.15) is 0 Å². The van der Waals surface area contributed by atoms with Crippen molar-refractivity contribution in [3.63, 3.8) is 0 Å². The van der Waals surface area contributed by atoms with Gasteiger partial charge in [0, 0.05) is 22.5 Å². The Labute approximate surface area is 132 Å². The predicted octanol–water partition coefficient (Wildman–Crippen LogP) is 4.47. The van der Waals surface area contributed by atoms with Crippen LogP contribution in [-0.4, -0.2) is 5.91 Å². The molecule has 0 spiro atoms. The Bertz CT molecular complexity index is 610. The molecular weight excluding hydrogens is 338 g/mol. The minimum absolute atomic E-state index is 0.0886. The van der Waals surface area contributed by atoms with Crippen molar-refractivity contribution in [3.8, 4) is 0 Å². The summed E-state index contributed by atoms with van der Waals surface area (Å²) in [5.41, 5.74) is 3.83. The van der Waals surface area contributed by atoms with Crippen LogP contribution in [0.4, 0.5) is 0 Å². The fraction of sp³-hybridized carbons (Fsp3) is 0.188. The van der Waals surface area contributed by atoms with Gasteiger partial charge in [-0.15, -0.1) is 0 Å². The largest absolute Gasteiger partial charge is 0.348 e. The van der Waals surface area contributed by atoms with Crippen molar-refractivity contribution in [2.45, 2.75) is 18.8 Å². The Balaban J connectivity index is 1.98. The van der Waals surface area contributed by atoms with Crippen molar-refractivity contribution < 1.29 is 4.79 Å². The lowest BCUT2D eigenvalue weighted by Crippen LogP contribution is -2.22. The van der Waals surface area contributed by atoms with E-state index in [1.165, 1.54) is 5.56 Å². The quantitative estimate of drug-likeness (QED) is 0.808. The Hall–Kier alpha value is -1.32. The van der Waals surface area contributed by atoms with Crippen LogP contribution in [0.15, 0.2) is 42.5 Å². The number of halogens is 2. The third kappa shape index (κ3) is 3.84. The van der Waals surface area contributed by atoms with Gasteiger partial charge in [-0.25, -0.2) is 0 Å². The van der Waals surface area contributed by atoms with Gasteiger partial charge >= 0.3 is 0 Å². The van der Waals surface area contributed by atoms with E-state index in [4.69, 9.17) is 11.6 Å². The lowest BCUT2D eigenvalue weighted by Gasteiger charge is -2.07. The number of nitrogens with one attached hydrogen (secondary N) is 1. The molecule has 1 amide bonds. The number of rotatable bonds is 4. The third-order valence-electron chi connectivity index (χ3n) is 3.05. The molecular formula is C16H15BrClNO. The Morgan fingerprint density at radius 2 is 1.80 bits per heavy atom. The zero-order chi connectivity index (χ0) is 14.5. The molecule has 4 heteroatoms. The van der Waals surface area contributed by atoms with E-state index in [1.807, 2.05) is 31.2 Å². The molecule has 2 rings (SSSR count). The predicted molar refractivity (Wildman–Crippen MR) is 86.4 cm³/mol. The number of carbonyl (C=O) groups excluding carboxylic acids is 1. The molecule has 2 aromatic rings. The zero-order valence-corrected chi connectivity index (χ0v) is 13.5. The summed E-state index contributed by atoms with van der Waals surface area (Å²) < 4.78 is 0. The highest BCUT2D eigenvalue weighted by molar-refractivity contribution is 9.08. The second-order valence-corrected chi connectivity index (χ2v) is 5.56. The molecule has 0 aliphatic heterocycles. The first kappa shape index (κ1) is 15.1. The van der Waals surface area contributed by atoms with Crippen LogP contribution in [-0.2, 0) is 11.9 Å². The van der Waals surface area contributed by atoms with Gasteiger partial charge in [0.05, 0.1) is 0 Å². The molecule has 2 nitrogen and oxygen atoms in total. The average Bonchev–Trinajstić information content (AvgIpc) is 2.48. The maximum Gasteiger partial charge on any atom is 0.251 e. The van der Waals surface area contributed by atoms with Crippen LogP contribution in [0.1, 0.15) is 27.0 Å². The molecule has 0 saturated carbocycles. The fourth-order valence-electron chi connectivity index (χ4n) is 1.82. The summed E-state index contributed by atoms with van der Waals surface area (Å²) >= 11 is 9.36. The molecule has 104 valence electrons. The second kappa shape index (κ2) is 6.91. The molecule has 0 radical (unpaired) electrons. The SMILES string of the molecule is Cc1cc(C(=O)NCc2ccc(CBr)cc2)ccc1Cl. The molecule has 1 N–H and O–H groups in total. The van der Waals surface area contributed by atoms with E-state index in [1.54, 1.807) is 18.2 Å². The van der Waals surface area contributed by atoms with Crippen molar-refractivity contribution in [3.05, 3.63) is 69.7 Å². The van der Waals surface area contributed by atoms with E-state index in [0.717, 1.165) is 16.5 Å². The molecule has 0 aliphatic carbocycles. The summed E-state index contributed by atoms with van der Waals surface area (Å²) in [7, 11) is 0. The van der Waals surface area contributed by atoms with Gasteiger partial charge < -0.3 is 5.32 Å². The van der Waals surface area contributed by atoms with Crippen molar-refractivity contribution in [2.24, 2.45) is 0 Å². The van der Waals surface area contributed by atoms with Crippen LogP contribution in [0, 0.1) is 6.92 Å². The highest BCUT2D eigenvalue weighted by Gasteiger charge is 2.06. The molecule has 0 atom stereocenters. The summed E-state index contributed by atoms with van der Waals surface area (Å²) in [4.78, 5) is 12.0. The Morgan fingerprint density at radius 3 is 2.40 bits per heavy atom. The molecule has 0 aromatic heterocycles. The first-order valence-corrected chi connectivity index (χ1v) is 7.78. The van der Waals surface area contributed by atoms with Crippen LogP contribution >= 0.6 is 27.5 Å². The van der Waals surface area contributed by atoms with Gasteiger partial charge in [0.25, 0.3) is 5.91 Å². The monoisotopic (exact) mass is 351 g/mol. The van der Waals surface area contributed by atoms with Gasteiger partial charge in [0.1, 0.15) is 0 Å². The van der Waals surface area contributed by atoms with Crippen molar-refractivity contribution in [2.75, 3.05) is 0 Å². The standard InChI is InChI=1S/C16H15BrClNO/c1-11-8-14(6-7-15(11)18)16(20)19-10-13-4-2-12(9-17)3-5-13/h2-8H,9-10H2,1H3,(H,19,20). The van der Waals surface area contributed by atoms with Crippen molar-refractivity contribution in [1.82, 2.24) is 5.32 Å². The molecule has 0 saturated heterocycles. The van der Waals surface area contributed by atoms with Crippen LogP contribution in [0.2, 0.25) is 5.02 Å². The molecule has 0 heterocycles. The average molecular weight is 353 g/mol. The lowest BCUT2D eigenvalue weighted by atomic mass is 10.1. The first-order chi connectivity index (χ1) is 9.60. The number of aryl methyl sites for hydroxylation is 1. The number of carbonyl (C=O) groups is 1. The highest BCUT2D eigenvalue weighted by atomic mass is 79.9. The zero-order valence-electron chi connectivity index (χ0n) is 11.1. The Morgan fingerprint density at radius 1 is 1.15 bits per heavy atom. The minimum Gasteiger partial charge on any atom is -0.348 e. The number of hydrogen-bond acceptors (Lipinski definition) is 1. The summed E-state index contributed by atoms with van der Waals surface area (Å²) in [6.45, 7) is 2.40. The van der Waals surface area contributed by atoms with Crippen molar-refractivity contribution in [1.29, 1.82) is 0 Å². The minimum atomic E-state index is -0.0886. The van der Waals surface area contributed by atoms with Crippen LogP contribution in [0.5, 0.6) is 0 Å². The van der Waals surface area contributed by atoms with Crippen LogP contribution in [0.25, 0.3) is 0 Å². The van der Waals surface area contributed by atoms with Crippen molar-refractivity contribution >= 4 is 33.4 Å².